The van der Waals surface area contributed by atoms with Crippen LogP contribution in [0, 0.1) is 0 Å². The zero-order valence-electron chi connectivity index (χ0n) is 10.9. The van der Waals surface area contributed by atoms with Gasteiger partial charge < -0.3 is 4.74 Å². The van der Waals surface area contributed by atoms with Gasteiger partial charge in [-0.1, -0.05) is 13.8 Å². The van der Waals surface area contributed by atoms with Crippen molar-refractivity contribution >= 4 is 0 Å². The molecule has 18 heavy (non-hydrogen) atoms. The molecule has 0 N–H and O–H groups in total. The average molecular weight is 250 g/mol. The minimum atomic E-state index is 0. The molecule has 0 unspecified atom stereocenters. The van der Waals surface area contributed by atoms with E-state index in [1.807, 2.05) is 20.0 Å². The summed E-state index contributed by atoms with van der Waals surface area (Å²) < 4.78 is 5.61. The lowest BCUT2D eigenvalue weighted by molar-refractivity contribution is 0.217. The molecular weight excluding hydrogens is 224 g/mol. The van der Waals surface area contributed by atoms with Crippen LogP contribution in [0.15, 0.2) is 18.3 Å². The van der Waals surface area contributed by atoms with Crippen LogP contribution in [-0.2, 0) is 6.54 Å². The Balaban J connectivity index is 0.00000162. The highest BCUT2D eigenvalue weighted by Gasteiger charge is 2.11. The molecule has 1 saturated heterocycles. The van der Waals surface area contributed by atoms with Crippen molar-refractivity contribution in [3.63, 3.8) is 0 Å². The van der Waals surface area contributed by atoms with Gasteiger partial charge in [0.05, 0.1) is 6.10 Å². The van der Waals surface area contributed by atoms with E-state index in [0.717, 1.165) is 12.4 Å². The summed E-state index contributed by atoms with van der Waals surface area (Å²) in [4.78, 5) is 6.74. The second-order valence-corrected chi connectivity index (χ2v) is 5.01. The van der Waals surface area contributed by atoms with Gasteiger partial charge in [0.1, 0.15) is 0 Å². The number of ether oxygens (including phenoxy) is 1. The van der Waals surface area contributed by atoms with Crippen LogP contribution in [0.25, 0.3) is 0 Å². The van der Waals surface area contributed by atoms with E-state index in [1.54, 1.807) is 0 Å². The van der Waals surface area contributed by atoms with Gasteiger partial charge in [-0.05, 0) is 51.4 Å². The number of piperidine rings is 1. The molecule has 1 aliphatic rings. The van der Waals surface area contributed by atoms with Crippen molar-refractivity contribution in [3.8, 4) is 5.88 Å². The number of hydrogen-bond donors (Lipinski definition) is 0. The predicted molar refractivity (Wildman–Crippen MR) is 75.9 cm³/mol. The average Bonchev–Trinajstić information content (AvgIpc) is 2.30. The molecule has 2 heterocycles. The standard InChI is InChI=1S/C14H22N2O.CH4/c1-12(2)17-14-10-13(6-7-15-14)11-16-8-4-3-5-9-16;/h6-7,10,12H,3-5,8-9,11H2,1-2H3;1H4. The number of aromatic nitrogens is 1. The van der Waals surface area contributed by atoms with Crippen LogP contribution >= 0.6 is 0 Å². The zero-order chi connectivity index (χ0) is 12.1. The third-order valence-electron chi connectivity index (χ3n) is 3.01. The molecule has 102 valence electrons. The minimum Gasteiger partial charge on any atom is -0.475 e. The van der Waals surface area contributed by atoms with Crippen molar-refractivity contribution in [2.75, 3.05) is 13.1 Å². The Morgan fingerprint density at radius 3 is 2.67 bits per heavy atom. The van der Waals surface area contributed by atoms with Crippen LogP contribution in [0.4, 0.5) is 0 Å². The van der Waals surface area contributed by atoms with Crippen LogP contribution < -0.4 is 4.74 Å². The lowest BCUT2D eigenvalue weighted by Crippen LogP contribution is -2.29. The Hall–Kier alpha value is -1.09. The topological polar surface area (TPSA) is 25.4 Å². The first kappa shape index (κ1) is 15.0. The summed E-state index contributed by atoms with van der Waals surface area (Å²) in [6, 6.07) is 4.15. The van der Waals surface area contributed by atoms with Gasteiger partial charge in [0, 0.05) is 18.8 Å². The zero-order valence-corrected chi connectivity index (χ0v) is 10.9. The molecule has 1 aliphatic heterocycles. The Kier molecular flexibility index (Phi) is 6.13. The van der Waals surface area contributed by atoms with E-state index in [9.17, 15) is 0 Å². The van der Waals surface area contributed by atoms with E-state index in [-0.39, 0.29) is 13.5 Å². The lowest BCUT2D eigenvalue weighted by atomic mass is 10.1. The second-order valence-electron chi connectivity index (χ2n) is 5.01. The largest absolute Gasteiger partial charge is 0.475 e. The summed E-state index contributed by atoms with van der Waals surface area (Å²) >= 11 is 0. The van der Waals surface area contributed by atoms with Crippen LogP contribution in [0.2, 0.25) is 0 Å². The third-order valence-corrected chi connectivity index (χ3v) is 3.01. The quantitative estimate of drug-likeness (QED) is 0.818. The van der Waals surface area contributed by atoms with Crippen molar-refractivity contribution in [1.82, 2.24) is 9.88 Å². The summed E-state index contributed by atoms with van der Waals surface area (Å²) in [5.41, 5.74) is 1.30. The Bertz CT molecular complexity index is 346. The fraction of sp³-hybridized carbons (Fsp3) is 0.667. The molecular formula is C15H26N2O. The summed E-state index contributed by atoms with van der Waals surface area (Å²) in [5, 5.41) is 0. The number of hydrogen-bond acceptors (Lipinski definition) is 3. The van der Waals surface area contributed by atoms with E-state index in [2.05, 4.69) is 22.0 Å². The molecule has 3 heteroatoms. The molecule has 1 aromatic rings. The molecule has 0 spiro atoms. The van der Waals surface area contributed by atoms with E-state index in [4.69, 9.17) is 4.74 Å². The maximum atomic E-state index is 5.61. The molecule has 0 aliphatic carbocycles. The minimum absolute atomic E-state index is 0. The monoisotopic (exact) mass is 250 g/mol. The van der Waals surface area contributed by atoms with Gasteiger partial charge in [-0.25, -0.2) is 4.98 Å². The summed E-state index contributed by atoms with van der Waals surface area (Å²) in [5.74, 6) is 0.745. The molecule has 1 aromatic heterocycles. The molecule has 0 amide bonds. The molecule has 0 bridgehead atoms. The molecule has 0 atom stereocenters. The SMILES string of the molecule is C.CC(C)Oc1cc(CN2CCCCC2)ccn1. The van der Waals surface area contributed by atoms with Crippen LogP contribution in [-0.4, -0.2) is 29.1 Å². The highest BCUT2D eigenvalue weighted by molar-refractivity contribution is 5.20. The molecule has 0 saturated carbocycles. The third kappa shape index (κ3) is 4.65. The van der Waals surface area contributed by atoms with Gasteiger partial charge in [0.2, 0.25) is 5.88 Å². The van der Waals surface area contributed by atoms with Crippen molar-refractivity contribution < 1.29 is 4.74 Å². The maximum absolute atomic E-state index is 5.61. The molecule has 0 aromatic carbocycles. The van der Waals surface area contributed by atoms with Crippen molar-refractivity contribution in [1.29, 1.82) is 0 Å². The maximum Gasteiger partial charge on any atom is 0.213 e. The highest BCUT2D eigenvalue weighted by atomic mass is 16.5. The Labute approximate surface area is 111 Å². The molecule has 3 nitrogen and oxygen atoms in total. The van der Waals surface area contributed by atoms with Crippen molar-refractivity contribution in [3.05, 3.63) is 23.9 Å². The van der Waals surface area contributed by atoms with Gasteiger partial charge in [0.25, 0.3) is 0 Å². The van der Waals surface area contributed by atoms with E-state index in [1.165, 1.54) is 37.9 Å². The lowest BCUT2D eigenvalue weighted by Gasteiger charge is -2.26. The molecule has 2 rings (SSSR count). The fourth-order valence-electron chi connectivity index (χ4n) is 2.23. The van der Waals surface area contributed by atoms with E-state index in [0.29, 0.717) is 0 Å². The fourth-order valence-corrected chi connectivity index (χ4v) is 2.23. The van der Waals surface area contributed by atoms with Crippen LogP contribution in [0.5, 0.6) is 5.88 Å². The van der Waals surface area contributed by atoms with Crippen molar-refractivity contribution in [2.24, 2.45) is 0 Å². The first-order chi connectivity index (χ1) is 8.24. The first-order valence-corrected chi connectivity index (χ1v) is 6.58. The molecule has 0 radical (unpaired) electrons. The number of rotatable bonds is 4. The van der Waals surface area contributed by atoms with Gasteiger partial charge in [0.15, 0.2) is 0 Å². The van der Waals surface area contributed by atoms with Gasteiger partial charge in [-0.3, -0.25) is 4.90 Å². The smallest absolute Gasteiger partial charge is 0.213 e. The Morgan fingerprint density at radius 2 is 2.00 bits per heavy atom. The Morgan fingerprint density at radius 1 is 1.28 bits per heavy atom. The van der Waals surface area contributed by atoms with E-state index < -0.39 is 0 Å². The summed E-state index contributed by atoms with van der Waals surface area (Å²) in [7, 11) is 0. The number of likely N-dealkylation sites (tertiary alicyclic amines) is 1. The highest BCUT2D eigenvalue weighted by Crippen LogP contribution is 2.16. The number of pyridine rings is 1. The summed E-state index contributed by atoms with van der Waals surface area (Å²) in [6.45, 7) is 7.53. The van der Waals surface area contributed by atoms with Gasteiger partial charge in [-0.15, -0.1) is 0 Å². The molecule has 1 fully saturated rings. The second kappa shape index (κ2) is 7.37. The predicted octanol–water partition coefficient (Wildman–Crippen LogP) is 3.49. The van der Waals surface area contributed by atoms with Crippen LogP contribution in [0.3, 0.4) is 0 Å². The summed E-state index contributed by atoms with van der Waals surface area (Å²) in [6.07, 6.45) is 6.08. The van der Waals surface area contributed by atoms with E-state index >= 15 is 0 Å². The normalized spacial score (nSPS) is 16.4. The van der Waals surface area contributed by atoms with Crippen LogP contribution in [0.1, 0.15) is 46.1 Å². The van der Waals surface area contributed by atoms with Gasteiger partial charge in [-0.2, -0.15) is 0 Å². The van der Waals surface area contributed by atoms with Gasteiger partial charge >= 0.3 is 0 Å². The first-order valence-electron chi connectivity index (χ1n) is 6.58. The number of nitrogens with zero attached hydrogens (tertiary/aromatic N) is 2. The van der Waals surface area contributed by atoms with Crippen molar-refractivity contribution in [2.45, 2.75) is 53.2 Å².